The first-order chi connectivity index (χ1) is 22.5. The van der Waals surface area contributed by atoms with Crippen LogP contribution >= 0.6 is 71.0 Å². The molecule has 0 atom stereocenters. The van der Waals surface area contributed by atoms with E-state index in [0.717, 1.165) is 35.7 Å². The molecule has 0 N–H and O–H groups in total. The van der Waals surface area contributed by atoms with Crippen molar-refractivity contribution >= 4 is 110 Å². The molecule has 3 aromatic carbocycles. The second kappa shape index (κ2) is 14.6. The summed E-state index contributed by atoms with van der Waals surface area (Å²) in [4.78, 5) is 52.0. The summed E-state index contributed by atoms with van der Waals surface area (Å²) in [6, 6.07) is 17.6. The summed E-state index contributed by atoms with van der Waals surface area (Å²) in [6.45, 7) is 11.8. The number of ketones is 1. The zero-order chi connectivity index (χ0) is 34.2. The van der Waals surface area contributed by atoms with Gasteiger partial charge < -0.3 is 9.69 Å². The van der Waals surface area contributed by atoms with Gasteiger partial charge in [-0.25, -0.2) is 0 Å². The van der Waals surface area contributed by atoms with Gasteiger partial charge in [0.05, 0.1) is 19.7 Å². The number of carbonyl (C=O) groups is 4. The summed E-state index contributed by atoms with van der Waals surface area (Å²) in [7, 11) is 1.87. The summed E-state index contributed by atoms with van der Waals surface area (Å²) < 4.78 is 2.51. The SMILES string of the molecule is C=O.CC(=O)C1=NN(c2ccccc2)C(=O)C1=C1Sc2c(C)ccc(C)c2S1.Cc1ccc(C)c2c1SC(=C1C(=O)SC(=S)N1C)S2. The van der Waals surface area contributed by atoms with Crippen molar-refractivity contribution < 1.29 is 19.2 Å². The van der Waals surface area contributed by atoms with Crippen LogP contribution in [0, 0.1) is 27.7 Å². The number of anilines is 1. The Labute approximate surface area is 300 Å². The normalized spacial score (nSPS) is 16.6. The molecule has 4 aliphatic rings. The molecule has 47 heavy (non-hydrogen) atoms. The molecule has 4 aliphatic heterocycles. The lowest BCUT2D eigenvalue weighted by molar-refractivity contribution is -0.115. The van der Waals surface area contributed by atoms with Crippen molar-refractivity contribution in [3.63, 3.8) is 0 Å². The maximum absolute atomic E-state index is 13.1. The fourth-order valence-electron chi connectivity index (χ4n) is 4.86. The molecule has 0 bridgehead atoms. The number of thioether (sulfide) groups is 5. The van der Waals surface area contributed by atoms with E-state index in [2.05, 4.69) is 57.1 Å². The van der Waals surface area contributed by atoms with E-state index in [4.69, 9.17) is 17.0 Å². The first kappa shape index (κ1) is 35.2. The summed E-state index contributed by atoms with van der Waals surface area (Å²) in [6.07, 6.45) is 0. The van der Waals surface area contributed by atoms with Crippen LogP contribution in [0.3, 0.4) is 0 Å². The molecule has 0 spiro atoms. The van der Waals surface area contributed by atoms with Crippen molar-refractivity contribution in [2.75, 3.05) is 12.1 Å². The van der Waals surface area contributed by atoms with E-state index in [1.807, 2.05) is 49.1 Å². The molecule has 4 heterocycles. The van der Waals surface area contributed by atoms with Crippen molar-refractivity contribution in [3.8, 4) is 0 Å². The maximum Gasteiger partial charge on any atom is 0.282 e. The van der Waals surface area contributed by atoms with Crippen LogP contribution in [0.25, 0.3) is 0 Å². The van der Waals surface area contributed by atoms with Crippen LogP contribution in [0.1, 0.15) is 29.2 Å². The number of Topliss-reactive ketones (excluding diaryl/α,β-unsaturated/α-hetero) is 1. The van der Waals surface area contributed by atoms with E-state index < -0.39 is 0 Å². The number of aryl methyl sites for hydroxylation is 4. The lowest BCUT2D eigenvalue weighted by Crippen LogP contribution is -2.22. The number of hydrazone groups is 1. The van der Waals surface area contributed by atoms with Gasteiger partial charge in [-0.3, -0.25) is 14.4 Å². The highest BCUT2D eigenvalue weighted by molar-refractivity contribution is 8.34. The first-order valence-corrected chi connectivity index (χ1v) is 18.6. The number of fused-ring (bicyclic) bond motifs is 2. The molecule has 0 saturated carbocycles. The fraction of sp³-hybridized carbons (Fsp3) is 0.176. The van der Waals surface area contributed by atoms with Gasteiger partial charge in [-0.15, -0.1) is 0 Å². The Morgan fingerprint density at radius 3 is 1.57 bits per heavy atom. The van der Waals surface area contributed by atoms with Gasteiger partial charge in [0.1, 0.15) is 22.5 Å². The monoisotopic (exact) mass is 735 g/mol. The Kier molecular flexibility index (Phi) is 10.9. The molecular formula is C34H29N3O4S6. The second-order valence-corrected chi connectivity index (χ2v) is 16.8. The number of amides is 1. The van der Waals surface area contributed by atoms with E-state index in [-0.39, 0.29) is 22.5 Å². The number of hydrogen-bond donors (Lipinski definition) is 0. The Morgan fingerprint density at radius 2 is 1.17 bits per heavy atom. The predicted molar refractivity (Wildman–Crippen MR) is 201 cm³/mol. The van der Waals surface area contributed by atoms with Crippen LogP contribution in [0.4, 0.5) is 5.69 Å². The Bertz CT molecular complexity index is 1890. The number of nitrogens with zero attached hydrogens (tertiary/aromatic N) is 3. The lowest BCUT2D eigenvalue weighted by atomic mass is 10.1. The Balaban J connectivity index is 0.000000183. The quantitative estimate of drug-likeness (QED) is 0.187. The molecule has 0 unspecified atom stereocenters. The molecule has 1 saturated heterocycles. The number of para-hydroxylation sites is 1. The summed E-state index contributed by atoms with van der Waals surface area (Å²) in [5.41, 5.74) is 6.90. The van der Waals surface area contributed by atoms with Gasteiger partial charge in [-0.2, -0.15) is 10.1 Å². The van der Waals surface area contributed by atoms with Crippen molar-refractivity contribution in [1.29, 1.82) is 0 Å². The molecule has 0 radical (unpaired) electrons. The molecule has 1 amide bonds. The van der Waals surface area contributed by atoms with Crippen LogP contribution in [0.15, 0.2) is 99.0 Å². The lowest BCUT2D eigenvalue weighted by Gasteiger charge is -2.11. The first-order valence-electron chi connectivity index (χ1n) is 14.1. The van der Waals surface area contributed by atoms with Crippen LogP contribution in [0.5, 0.6) is 0 Å². The van der Waals surface area contributed by atoms with Gasteiger partial charge in [0.25, 0.3) is 5.91 Å². The molecule has 3 aromatic rings. The number of thiocarbonyl (C=S) groups is 1. The fourth-order valence-corrected chi connectivity index (χ4v) is 11.8. The van der Waals surface area contributed by atoms with Crippen LogP contribution in [-0.2, 0) is 19.2 Å². The highest BCUT2D eigenvalue weighted by Crippen LogP contribution is 2.57. The highest BCUT2D eigenvalue weighted by atomic mass is 32.2. The average Bonchev–Trinajstić information content (AvgIpc) is 3.83. The van der Waals surface area contributed by atoms with Gasteiger partial charge in [0, 0.05) is 33.6 Å². The third kappa shape index (κ3) is 6.79. The van der Waals surface area contributed by atoms with E-state index in [0.29, 0.717) is 15.6 Å². The van der Waals surface area contributed by atoms with Crippen molar-refractivity contribution in [1.82, 2.24) is 4.90 Å². The predicted octanol–water partition coefficient (Wildman–Crippen LogP) is 8.68. The number of hydrogen-bond acceptors (Lipinski definition) is 11. The van der Waals surface area contributed by atoms with Crippen molar-refractivity contribution in [2.45, 2.75) is 54.2 Å². The number of benzene rings is 3. The van der Waals surface area contributed by atoms with Crippen molar-refractivity contribution in [3.05, 3.63) is 96.6 Å². The van der Waals surface area contributed by atoms with Gasteiger partial charge >= 0.3 is 0 Å². The standard InChI is InChI=1S/C20H16N2O2S2.C13H11NOS4.CH2O/c1-11-9-10-12(2)18-17(11)25-20(26-18)15-16(13(3)23)21-22(19(15)24)14-7-5-4-6-8-14;1-6-4-5-7(2)10-9(6)17-12(18-10)8-11(15)19-13(16)14(8)3;1-2/h4-10H,1-3H3;4-5H,1-3H3;1H2. The number of carbonyl (C=O) groups excluding carboxylic acids is 4. The topological polar surface area (TPSA) is 87.1 Å². The summed E-state index contributed by atoms with van der Waals surface area (Å²) in [5.74, 6) is -0.454. The molecule has 0 aromatic heterocycles. The van der Waals surface area contributed by atoms with E-state index >= 15 is 0 Å². The number of likely N-dealkylation sites (N-methyl/N-ethyl adjacent to an activating group) is 1. The molecule has 0 aliphatic carbocycles. The van der Waals surface area contributed by atoms with Gasteiger partial charge in [-0.05, 0) is 73.8 Å². The Hall–Kier alpha value is -3.07. The third-order valence-corrected chi connectivity index (χ3v) is 14.4. The summed E-state index contributed by atoms with van der Waals surface area (Å²) >= 11 is 12.8. The average molecular weight is 736 g/mol. The van der Waals surface area contributed by atoms with Crippen LogP contribution in [-0.4, -0.2) is 45.6 Å². The van der Waals surface area contributed by atoms with E-state index in [9.17, 15) is 14.4 Å². The molecule has 7 rings (SSSR count). The zero-order valence-electron chi connectivity index (χ0n) is 26.3. The van der Waals surface area contributed by atoms with Crippen molar-refractivity contribution in [2.24, 2.45) is 5.10 Å². The zero-order valence-corrected chi connectivity index (χ0v) is 31.2. The maximum atomic E-state index is 13.1. The Morgan fingerprint density at radius 1 is 0.723 bits per heavy atom. The smallest absolute Gasteiger partial charge is 0.282 e. The molecule has 13 heteroatoms. The third-order valence-electron chi connectivity index (χ3n) is 7.35. The summed E-state index contributed by atoms with van der Waals surface area (Å²) in [5, 5.41) is 5.72. The van der Waals surface area contributed by atoms with Gasteiger partial charge in [0.2, 0.25) is 5.12 Å². The molecular weight excluding hydrogens is 707 g/mol. The molecule has 1 fully saturated rings. The molecule has 7 nitrogen and oxygen atoms in total. The minimum atomic E-state index is -0.250. The van der Waals surface area contributed by atoms with Gasteiger partial charge in [0.15, 0.2) is 5.78 Å². The number of rotatable bonds is 2. The van der Waals surface area contributed by atoms with Crippen LogP contribution < -0.4 is 5.01 Å². The van der Waals surface area contributed by atoms with Crippen LogP contribution in [0.2, 0.25) is 0 Å². The minimum Gasteiger partial charge on any atom is -0.325 e. The second-order valence-electron chi connectivity index (χ2n) is 10.6. The van der Waals surface area contributed by atoms with E-state index in [1.165, 1.54) is 44.0 Å². The minimum absolute atomic E-state index is 0.0608. The largest absolute Gasteiger partial charge is 0.325 e. The highest BCUT2D eigenvalue weighted by Gasteiger charge is 2.39. The van der Waals surface area contributed by atoms with E-state index in [1.54, 1.807) is 47.0 Å². The van der Waals surface area contributed by atoms with Gasteiger partial charge in [-0.1, -0.05) is 102 Å². The molecule has 240 valence electrons.